The van der Waals surface area contributed by atoms with Crippen molar-refractivity contribution in [3.63, 3.8) is 0 Å². The van der Waals surface area contributed by atoms with E-state index in [1.54, 1.807) is 0 Å². The zero-order valence-corrected chi connectivity index (χ0v) is 11.7. The Morgan fingerprint density at radius 3 is 2.71 bits per heavy atom. The highest BCUT2D eigenvalue weighted by Crippen LogP contribution is 2.33. The molecule has 5 nitrogen and oxygen atoms in total. The SMILES string of the molecule is Cc1cccc(Cn2c(=O)c(C#N)cn(C3CC3)c2=O)c1. The van der Waals surface area contributed by atoms with E-state index < -0.39 is 5.56 Å². The summed E-state index contributed by atoms with van der Waals surface area (Å²) in [7, 11) is 0. The van der Waals surface area contributed by atoms with Crippen LogP contribution in [0.2, 0.25) is 0 Å². The maximum absolute atomic E-state index is 12.4. The first kappa shape index (κ1) is 13.4. The monoisotopic (exact) mass is 281 g/mol. The fourth-order valence-corrected chi connectivity index (χ4v) is 2.44. The summed E-state index contributed by atoms with van der Waals surface area (Å²) in [4.78, 5) is 24.7. The van der Waals surface area contributed by atoms with E-state index in [-0.39, 0.29) is 23.8 Å². The molecule has 0 bridgehead atoms. The van der Waals surface area contributed by atoms with Crippen LogP contribution in [0.4, 0.5) is 0 Å². The minimum atomic E-state index is -0.513. The highest BCUT2D eigenvalue weighted by Gasteiger charge is 2.26. The van der Waals surface area contributed by atoms with Gasteiger partial charge in [0.2, 0.25) is 0 Å². The van der Waals surface area contributed by atoms with Gasteiger partial charge in [0, 0.05) is 12.2 Å². The number of aryl methyl sites for hydroxylation is 1. The molecule has 1 aromatic heterocycles. The summed E-state index contributed by atoms with van der Waals surface area (Å²) in [5, 5.41) is 9.09. The molecule has 2 aromatic rings. The molecule has 1 aliphatic carbocycles. The van der Waals surface area contributed by atoms with Crippen LogP contribution in [0.5, 0.6) is 0 Å². The van der Waals surface area contributed by atoms with Gasteiger partial charge in [0.15, 0.2) is 0 Å². The highest BCUT2D eigenvalue weighted by atomic mass is 16.2. The van der Waals surface area contributed by atoms with Gasteiger partial charge in [0.25, 0.3) is 5.56 Å². The normalized spacial score (nSPS) is 13.9. The van der Waals surface area contributed by atoms with Gasteiger partial charge in [-0.2, -0.15) is 5.26 Å². The van der Waals surface area contributed by atoms with Gasteiger partial charge in [-0.05, 0) is 25.3 Å². The van der Waals surface area contributed by atoms with Crippen LogP contribution in [-0.2, 0) is 6.54 Å². The quantitative estimate of drug-likeness (QED) is 0.857. The Labute approximate surface area is 121 Å². The average molecular weight is 281 g/mol. The van der Waals surface area contributed by atoms with Gasteiger partial charge in [-0.25, -0.2) is 4.79 Å². The van der Waals surface area contributed by atoms with Crippen LogP contribution < -0.4 is 11.2 Å². The molecule has 0 N–H and O–H groups in total. The minimum absolute atomic E-state index is 0.0224. The van der Waals surface area contributed by atoms with Crippen molar-refractivity contribution in [2.24, 2.45) is 0 Å². The van der Waals surface area contributed by atoms with Gasteiger partial charge in [-0.15, -0.1) is 0 Å². The summed E-state index contributed by atoms with van der Waals surface area (Å²) in [5.74, 6) is 0. The maximum atomic E-state index is 12.4. The molecule has 0 radical (unpaired) electrons. The summed E-state index contributed by atoms with van der Waals surface area (Å²) < 4.78 is 2.68. The Bertz CT molecular complexity index is 851. The molecule has 1 aliphatic rings. The summed E-state index contributed by atoms with van der Waals surface area (Å²) in [6.07, 6.45) is 3.25. The first-order valence-electron chi connectivity index (χ1n) is 6.92. The first-order valence-corrected chi connectivity index (χ1v) is 6.92. The van der Waals surface area contributed by atoms with Crippen molar-refractivity contribution in [2.75, 3.05) is 0 Å². The Balaban J connectivity index is 2.13. The molecule has 106 valence electrons. The average Bonchev–Trinajstić information content (AvgIpc) is 3.28. The Morgan fingerprint density at radius 2 is 2.10 bits per heavy atom. The van der Waals surface area contributed by atoms with Gasteiger partial charge >= 0.3 is 5.69 Å². The van der Waals surface area contributed by atoms with Crippen molar-refractivity contribution in [3.8, 4) is 6.07 Å². The lowest BCUT2D eigenvalue weighted by Gasteiger charge is -2.10. The van der Waals surface area contributed by atoms with Gasteiger partial charge in [-0.1, -0.05) is 29.8 Å². The molecular weight excluding hydrogens is 266 g/mol. The van der Waals surface area contributed by atoms with Gasteiger partial charge in [-0.3, -0.25) is 13.9 Å². The van der Waals surface area contributed by atoms with Crippen LogP contribution in [0, 0.1) is 18.3 Å². The van der Waals surface area contributed by atoms with Crippen LogP contribution in [0.1, 0.15) is 35.6 Å². The molecule has 0 aliphatic heterocycles. The third kappa shape index (κ3) is 2.52. The highest BCUT2D eigenvalue weighted by molar-refractivity contribution is 5.25. The number of rotatable bonds is 3. The summed E-state index contributed by atoms with van der Waals surface area (Å²) in [6.45, 7) is 2.15. The molecule has 0 saturated heterocycles. The lowest BCUT2D eigenvalue weighted by Crippen LogP contribution is -2.40. The van der Waals surface area contributed by atoms with Crippen molar-refractivity contribution >= 4 is 0 Å². The number of hydrogen-bond donors (Lipinski definition) is 0. The summed E-state index contributed by atoms with van der Waals surface area (Å²) in [6, 6.07) is 9.69. The summed E-state index contributed by atoms with van der Waals surface area (Å²) in [5.41, 5.74) is 1.13. The molecule has 0 atom stereocenters. The second-order valence-corrected chi connectivity index (χ2v) is 5.46. The molecule has 1 fully saturated rings. The number of benzene rings is 1. The standard InChI is InChI=1S/C16H15N3O2/c1-11-3-2-4-12(7-11)9-19-15(20)13(8-17)10-18(16(19)21)14-5-6-14/h2-4,7,10,14H,5-6,9H2,1H3. The fourth-order valence-electron chi connectivity index (χ4n) is 2.44. The van der Waals surface area contributed by atoms with E-state index in [1.165, 1.54) is 10.8 Å². The Morgan fingerprint density at radius 1 is 1.33 bits per heavy atom. The predicted octanol–water partition coefficient (Wildman–Crippen LogP) is 1.57. The van der Waals surface area contributed by atoms with E-state index in [0.717, 1.165) is 28.5 Å². The topological polar surface area (TPSA) is 67.8 Å². The van der Waals surface area contributed by atoms with Crippen molar-refractivity contribution in [1.82, 2.24) is 9.13 Å². The molecule has 0 spiro atoms. The third-order valence-electron chi connectivity index (χ3n) is 3.68. The first-order chi connectivity index (χ1) is 10.1. The van der Waals surface area contributed by atoms with Crippen LogP contribution in [0.15, 0.2) is 40.1 Å². The lowest BCUT2D eigenvalue weighted by atomic mass is 10.1. The zero-order valence-electron chi connectivity index (χ0n) is 11.7. The third-order valence-corrected chi connectivity index (χ3v) is 3.68. The van der Waals surface area contributed by atoms with Crippen molar-refractivity contribution < 1.29 is 0 Å². The molecule has 1 heterocycles. The molecule has 0 amide bonds. The van der Waals surface area contributed by atoms with E-state index in [0.29, 0.717) is 0 Å². The molecule has 21 heavy (non-hydrogen) atoms. The van der Waals surface area contributed by atoms with Gasteiger partial charge in [0.05, 0.1) is 6.54 Å². The zero-order chi connectivity index (χ0) is 15.0. The molecule has 1 aromatic carbocycles. The largest absolute Gasteiger partial charge is 0.331 e. The number of aromatic nitrogens is 2. The molecular formula is C16H15N3O2. The second kappa shape index (κ2) is 5.06. The van der Waals surface area contributed by atoms with Crippen LogP contribution in [0.25, 0.3) is 0 Å². The smallest absolute Gasteiger partial charge is 0.296 e. The van der Waals surface area contributed by atoms with Crippen molar-refractivity contribution in [1.29, 1.82) is 5.26 Å². The van der Waals surface area contributed by atoms with E-state index in [4.69, 9.17) is 5.26 Å². The number of nitriles is 1. The molecule has 3 rings (SSSR count). The molecule has 0 unspecified atom stereocenters. The minimum Gasteiger partial charge on any atom is -0.296 e. The second-order valence-electron chi connectivity index (χ2n) is 5.46. The van der Waals surface area contributed by atoms with Gasteiger partial charge < -0.3 is 0 Å². The van der Waals surface area contributed by atoms with E-state index in [9.17, 15) is 9.59 Å². The van der Waals surface area contributed by atoms with Crippen molar-refractivity contribution in [3.05, 3.63) is 68.0 Å². The van der Waals surface area contributed by atoms with E-state index in [2.05, 4.69) is 0 Å². The number of nitrogens with zero attached hydrogens (tertiary/aromatic N) is 3. The fraction of sp³-hybridized carbons (Fsp3) is 0.312. The lowest BCUT2D eigenvalue weighted by molar-refractivity contribution is 0.588. The molecule has 5 heteroatoms. The van der Waals surface area contributed by atoms with Crippen LogP contribution in [-0.4, -0.2) is 9.13 Å². The van der Waals surface area contributed by atoms with E-state index >= 15 is 0 Å². The van der Waals surface area contributed by atoms with E-state index in [1.807, 2.05) is 37.3 Å². The van der Waals surface area contributed by atoms with Crippen molar-refractivity contribution in [2.45, 2.75) is 32.4 Å². The summed E-state index contributed by atoms with van der Waals surface area (Å²) >= 11 is 0. The molecule has 1 saturated carbocycles. The van der Waals surface area contributed by atoms with Crippen LogP contribution in [0.3, 0.4) is 0 Å². The predicted molar refractivity (Wildman–Crippen MR) is 78.2 cm³/mol. The Kier molecular flexibility index (Phi) is 3.22. The van der Waals surface area contributed by atoms with Crippen LogP contribution >= 0.6 is 0 Å². The Hall–Kier alpha value is -2.61. The maximum Gasteiger partial charge on any atom is 0.331 e. The number of hydrogen-bond acceptors (Lipinski definition) is 3. The van der Waals surface area contributed by atoms with Gasteiger partial charge in [0.1, 0.15) is 11.6 Å².